The number of anilines is 1. The molecule has 0 saturated heterocycles. The highest BCUT2D eigenvalue weighted by Gasteiger charge is 2.13. The third kappa shape index (κ3) is 3.00. The summed E-state index contributed by atoms with van der Waals surface area (Å²) < 4.78 is 5.25. The maximum atomic E-state index is 12.2. The molecular weight excluding hydrogens is 286 g/mol. The van der Waals surface area contributed by atoms with Crippen LogP contribution in [0.5, 0.6) is 0 Å². The first-order chi connectivity index (χ1) is 10.1. The Kier molecular flexibility index (Phi) is 3.53. The van der Waals surface area contributed by atoms with Crippen LogP contribution in [-0.2, 0) is 0 Å². The second kappa shape index (κ2) is 5.49. The summed E-state index contributed by atoms with van der Waals surface area (Å²) in [5.41, 5.74) is 2.71. The standard InChI is InChI=1S/C15H13N3O2S/c1-9-6-10(2)8-11(7-9)13(19)16-15-18-17-14(21-15)12-4-3-5-20-12/h3-8H,1-2H3,(H,16,18,19). The average Bonchev–Trinajstić information content (AvgIpc) is 3.07. The van der Waals surface area contributed by atoms with Gasteiger partial charge in [-0.3, -0.25) is 10.1 Å². The van der Waals surface area contributed by atoms with Gasteiger partial charge in [-0.1, -0.05) is 28.5 Å². The molecule has 0 atom stereocenters. The van der Waals surface area contributed by atoms with Crippen LogP contribution in [0.25, 0.3) is 10.8 Å². The number of amides is 1. The first-order valence-corrected chi connectivity index (χ1v) is 7.20. The van der Waals surface area contributed by atoms with Crippen molar-refractivity contribution in [2.24, 2.45) is 0 Å². The van der Waals surface area contributed by atoms with Gasteiger partial charge in [0.25, 0.3) is 5.91 Å². The molecule has 0 bridgehead atoms. The second-order valence-electron chi connectivity index (χ2n) is 4.72. The highest BCUT2D eigenvalue weighted by atomic mass is 32.1. The lowest BCUT2D eigenvalue weighted by atomic mass is 10.1. The van der Waals surface area contributed by atoms with Gasteiger partial charge in [-0.05, 0) is 38.1 Å². The number of hydrogen-bond acceptors (Lipinski definition) is 5. The molecule has 0 radical (unpaired) electrons. The molecule has 2 aromatic heterocycles. The molecular formula is C15H13N3O2S. The van der Waals surface area contributed by atoms with E-state index < -0.39 is 0 Å². The zero-order chi connectivity index (χ0) is 14.8. The first-order valence-electron chi connectivity index (χ1n) is 6.39. The van der Waals surface area contributed by atoms with Gasteiger partial charge in [-0.2, -0.15) is 0 Å². The quantitative estimate of drug-likeness (QED) is 0.801. The molecule has 0 aliphatic carbocycles. The number of benzene rings is 1. The van der Waals surface area contributed by atoms with E-state index in [1.54, 1.807) is 18.4 Å². The van der Waals surface area contributed by atoms with Crippen LogP contribution in [0.1, 0.15) is 21.5 Å². The predicted octanol–water partition coefficient (Wildman–Crippen LogP) is 3.67. The van der Waals surface area contributed by atoms with E-state index >= 15 is 0 Å². The molecule has 1 amide bonds. The number of carbonyl (C=O) groups is 1. The molecule has 2 heterocycles. The largest absolute Gasteiger partial charge is 0.462 e. The summed E-state index contributed by atoms with van der Waals surface area (Å²) in [6.45, 7) is 3.92. The third-order valence-corrected chi connectivity index (χ3v) is 3.71. The van der Waals surface area contributed by atoms with Crippen molar-refractivity contribution in [1.82, 2.24) is 10.2 Å². The summed E-state index contributed by atoms with van der Waals surface area (Å²) in [4.78, 5) is 12.2. The molecule has 3 aromatic rings. The van der Waals surface area contributed by atoms with Gasteiger partial charge >= 0.3 is 0 Å². The lowest BCUT2D eigenvalue weighted by Crippen LogP contribution is -2.12. The fourth-order valence-corrected chi connectivity index (χ4v) is 2.76. The van der Waals surface area contributed by atoms with E-state index in [4.69, 9.17) is 4.42 Å². The maximum Gasteiger partial charge on any atom is 0.257 e. The van der Waals surface area contributed by atoms with Gasteiger partial charge in [-0.15, -0.1) is 10.2 Å². The molecule has 0 aliphatic heterocycles. The average molecular weight is 299 g/mol. The van der Waals surface area contributed by atoms with Gasteiger partial charge in [0.1, 0.15) is 0 Å². The molecule has 3 rings (SSSR count). The van der Waals surface area contributed by atoms with Crippen molar-refractivity contribution in [2.75, 3.05) is 5.32 Å². The van der Waals surface area contributed by atoms with Crippen LogP contribution < -0.4 is 5.32 Å². The van der Waals surface area contributed by atoms with E-state index in [-0.39, 0.29) is 5.91 Å². The Morgan fingerprint density at radius 3 is 2.62 bits per heavy atom. The number of aryl methyl sites for hydroxylation is 2. The molecule has 21 heavy (non-hydrogen) atoms. The van der Waals surface area contributed by atoms with Crippen molar-refractivity contribution >= 4 is 22.4 Å². The Labute approximate surface area is 125 Å². The van der Waals surface area contributed by atoms with E-state index in [9.17, 15) is 4.79 Å². The molecule has 0 saturated carbocycles. The van der Waals surface area contributed by atoms with E-state index in [1.807, 2.05) is 32.0 Å². The van der Waals surface area contributed by atoms with Crippen molar-refractivity contribution in [3.8, 4) is 10.8 Å². The first kappa shape index (κ1) is 13.5. The number of aromatic nitrogens is 2. The summed E-state index contributed by atoms with van der Waals surface area (Å²) >= 11 is 1.27. The topological polar surface area (TPSA) is 68.0 Å². The van der Waals surface area contributed by atoms with Gasteiger partial charge in [0, 0.05) is 5.56 Å². The predicted molar refractivity (Wildman–Crippen MR) is 81.5 cm³/mol. The minimum Gasteiger partial charge on any atom is -0.462 e. The van der Waals surface area contributed by atoms with Crippen LogP contribution in [0.4, 0.5) is 5.13 Å². The molecule has 6 heteroatoms. The highest BCUT2D eigenvalue weighted by molar-refractivity contribution is 7.18. The molecule has 1 aromatic carbocycles. The van der Waals surface area contributed by atoms with Crippen LogP contribution in [0.15, 0.2) is 41.0 Å². The Balaban J connectivity index is 1.79. The summed E-state index contributed by atoms with van der Waals surface area (Å²) in [7, 11) is 0. The number of furan rings is 1. The fourth-order valence-electron chi connectivity index (χ4n) is 2.05. The Hall–Kier alpha value is -2.47. The normalized spacial score (nSPS) is 10.6. The molecule has 106 valence electrons. The zero-order valence-electron chi connectivity index (χ0n) is 11.6. The molecule has 0 spiro atoms. The third-order valence-electron chi connectivity index (χ3n) is 2.86. The number of nitrogens with one attached hydrogen (secondary N) is 1. The number of nitrogens with zero attached hydrogens (tertiary/aromatic N) is 2. The summed E-state index contributed by atoms with van der Waals surface area (Å²) in [6.07, 6.45) is 1.57. The van der Waals surface area contributed by atoms with Gasteiger partial charge in [0.05, 0.1) is 6.26 Å². The lowest BCUT2D eigenvalue weighted by Gasteiger charge is -2.04. The van der Waals surface area contributed by atoms with Crippen molar-refractivity contribution < 1.29 is 9.21 Å². The molecule has 1 N–H and O–H groups in total. The summed E-state index contributed by atoms with van der Waals surface area (Å²) in [5.74, 6) is 0.448. The van der Waals surface area contributed by atoms with E-state index in [1.165, 1.54) is 11.3 Å². The number of carbonyl (C=O) groups excluding carboxylic acids is 1. The van der Waals surface area contributed by atoms with Crippen molar-refractivity contribution in [1.29, 1.82) is 0 Å². The van der Waals surface area contributed by atoms with Crippen LogP contribution >= 0.6 is 11.3 Å². The Morgan fingerprint density at radius 1 is 1.19 bits per heavy atom. The molecule has 5 nitrogen and oxygen atoms in total. The van der Waals surface area contributed by atoms with Gasteiger partial charge in [0.15, 0.2) is 10.8 Å². The van der Waals surface area contributed by atoms with Crippen LogP contribution in [-0.4, -0.2) is 16.1 Å². The molecule has 0 unspecified atom stereocenters. The molecule has 0 aliphatic rings. The Bertz CT molecular complexity index is 758. The fraction of sp³-hybridized carbons (Fsp3) is 0.133. The SMILES string of the molecule is Cc1cc(C)cc(C(=O)Nc2nnc(-c3ccco3)s2)c1. The van der Waals surface area contributed by atoms with Crippen LogP contribution in [0, 0.1) is 13.8 Å². The number of rotatable bonds is 3. The van der Waals surface area contributed by atoms with Crippen molar-refractivity contribution in [2.45, 2.75) is 13.8 Å². The van der Waals surface area contributed by atoms with Crippen molar-refractivity contribution in [3.63, 3.8) is 0 Å². The number of hydrogen-bond donors (Lipinski definition) is 1. The smallest absolute Gasteiger partial charge is 0.257 e. The van der Waals surface area contributed by atoms with E-state index in [0.29, 0.717) is 21.5 Å². The van der Waals surface area contributed by atoms with Crippen LogP contribution in [0.2, 0.25) is 0 Å². The van der Waals surface area contributed by atoms with Gasteiger partial charge in [0.2, 0.25) is 5.13 Å². The lowest BCUT2D eigenvalue weighted by molar-refractivity contribution is 0.102. The minimum absolute atomic E-state index is 0.191. The van der Waals surface area contributed by atoms with E-state index in [0.717, 1.165) is 11.1 Å². The summed E-state index contributed by atoms with van der Waals surface area (Å²) in [6, 6.07) is 9.30. The zero-order valence-corrected chi connectivity index (χ0v) is 12.4. The van der Waals surface area contributed by atoms with Gasteiger partial charge < -0.3 is 4.42 Å². The van der Waals surface area contributed by atoms with Crippen LogP contribution in [0.3, 0.4) is 0 Å². The minimum atomic E-state index is -0.191. The monoisotopic (exact) mass is 299 g/mol. The molecule has 0 fully saturated rings. The van der Waals surface area contributed by atoms with Gasteiger partial charge in [-0.25, -0.2) is 0 Å². The Morgan fingerprint density at radius 2 is 1.95 bits per heavy atom. The maximum absolute atomic E-state index is 12.2. The highest BCUT2D eigenvalue weighted by Crippen LogP contribution is 2.26. The van der Waals surface area contributed by atoms with E-state index in [2.05, 4.69) is 15.5 Å². The second-order valence-corrected chi connectivity index (χ2v) is 5.70. The summed E-state index contributed by atoms with van der Waals surface area (Å²) in [5, 5.41) is 11.8. The van der Waals surface area contributed by atoms with Crippen molar-refractivity contribution in [3.05, 3.63) is 53.3 Å².